The van der Waals surface area contributed by atoms with E-state index in [1.807, 2.05) is 38.1 Å². The van der Waals surface area contributed by atoms with Crippen molar-refractivity contribution in [3.63, 3.8) is 0 Å². The number of hydrogen-bond donors (Lipinski definition) is 3. The fourth-order valence-electron chi connectivity index (χ4n) is 2.61. The third-order valence-corrected chi connectivity index (χ3v) is 4.12. The Kier molecular flexibility index (Phi) is 9.02. The summed E-state index contributed by atoms with van der Waals surface area (Å²) in [5.41, 5.74) is 2.25. The van der Waals surface area contributed by atoms with Gasteiger partial charge in [-0.05, 0) is 60.9 Å². The van der Waals surface area contributed by atoms with Gasteiger partial charge in [-0.2, -0.15) is 0 Å². The van der Waals surface area contributed by atoms with Gasteiger partial charge in [-0.1, -0.05) is 27.2 Å². The number of ether oxygens (including phenoxy) is 1. The van der Waals surface area contributed by atoms with Crippen LogP contribution >= 0.6 is 0 Å². The van der Waals surface area contributed by atoms with E-state index in [4.69, 9.17) is 4.74 Å². The highest BCUT2D eigenvalue weighted by atomic mass is 16.5. The van der Waals surface area contributed by atoms with Gasteiger partial charge >= 0.3 is 0 Å². The molecule has 0 bridgehead atoms. The Bertz CT molecular complexity index is 771. The summed E-state index contributed by atoms with van der Waals surface area (Å²) < 4.78 is 5.63. The van der Waals surface area contributed by atoms with E-state index in [1.165, 1.54) is 0 Å². The number of anilines is 3. The maximum atomic E-state index is 12.1. The summed E-state index contributed by atoms with van der Waals surface area (Å²) in [5.74, 6) is 0.979. The lowest BCUT2D eigenvalue weighted by Gasteiger charge is -2.10. The normalized spacial score (nSPS) is 10.5. The number of rotatable bonds is 11. The number of hydrogen-bond acceptors (Lipinski definition) is 4. The molecular formula is C23H31N3O3. The molecule has 0 spiro atoms. The molecule has 0 radical (unpaired) electrons. The van der Waals surface area contributed by atoms with Gasteiger partial charge in [-0.3, -0.25) is 9.59 Å². The molecule has 0 aliphatic rings. The largest absolute Gasteiger partial charge is 0.494 e. The summed E-state index contributed by atoms with van der Waals surface area (Å²) in [6, 6.07) is 14.7. The van der Waals surface area contributed by atoms with E-state index in [2.05, 4.69) is 22.9 Å². The van der Waals surface area contributed by atoms with Crippen molar-refractivity contribution in [3.8, 4) is 5.75 Å². The van der Waals surface area contributed by atoms with Crippen LogP contribution in [0.5, 0.6) is 5.75 Å². The van der Waals surface area contributed by atoms with Gasteiger partial charge in [0.1, 0.15) is 5.75 Å². The standard InChI is InChI=1S/C23H31N3O3/c1-4-5-14-29-21-12-10-18(11-13-21)24-16-23(28)26-20-8-6-19(7-9-20)25-22(27)15-17(2)3/h6-13,17,24H,4-5,14-16H2,1-3H3,(H,25,27)(H,26,28). The SMILES string of the molecule is CCCCOc1ccc(NCC(=O)Nc2ccc(NC(=O)CC(C)C)cc2)cc1. The molecular weight excluding hydrogens is 366 g/mol. The van der Waals surface area contributed by atoms with Crippen LogP contribution in [0.4, 0.5) is 17.1 Å². The molecule has 2 rings (SSSR count). The highest BCUT2D eigenvalue weighted by Gasteiger charge is 2.06. The third-order valence-electron chi connectivity index (χ3n) is 4.12. The van der Waals surface area contributed by atoms with Crippen LogP contribution < -0.4 is 20.7 Å². The van der Waals surface area contributed by atoms with Crippen molar-refractivity contribution in [2.75, 3.05) is 29.1 Å². The van der Waals surface area contributed by atoms with E-state index in [9.17, 15) is 9.59 Å². The molecule has 0 saturated heterocycles. The summed E-state index contributed by atoms with van der Waals surface area (Å²) in [7, 11) is 0. The Morgan fingerprint density at radius 3 is 1.97 bits per heavy atom. The molecule has 156 valence electrons. The second-order valence-corrected chi connectivity index (χ2v) is 7.35. The number of amides is 2. The molecule has 29 heavy (non-hydrogen) atoms. The lowest BCUT2D eigenvalue weighted by molar-refractivity contribution is -0.117. The number of nitrogens with one attached hydrogen (secondary N) is 3. The molecule has 6 nitrogen and oxygen atoms in total. The van der Waals surface area contributed by atoms with Crippen LogP contribution in [0.3, 0.4) is 0 Å². The molecule has 0 unspecified atom stereocenters. The third kappa shape index (κ3) is 8.68. The first-order chi connectivity index (χ1) is 14.0. The van der Waals surface area contributed by atoms with E-state index >= 15 is 0 Å². The zero-order valence-corrected chi connectivity index (χ0v) is 17.5. The Hall–Kier alpha value is -3.02. The summed E-state index contributed by atoms with van der Waals surface area (Å²) in [5, 5.41) is 8.77. The van der Waals surface area contributed by atoms with Crippen LogP contribution in [0.15, 0.2) is 48.5 Å². The lowest BCUT2D eigenvalue weighted by Crippen LogP contribution is -2.21. The molecule has 0 aliphatic carbocycles. The molecule has 0 saturated carbocycles. The average Bonchev–Trinajstić information content (AvgIpc) is 2.68. The molecule has 2 amide bonds. The molecule has 2 aromatic rings. The first-order valence-corrected chi connectivity index (χ1v) is 10.1. The Balaban J connectivity index is 1.75. The van der Waals surface area contributed by atoms with Crippen molar-refractivity contribution in [3.05, 3.63) is 48.5 Å². The first kappa shape index (κ1) is 22.3. The zero-order chi connectivity index (χ0) is 21.1. The number of carbonyl (C=O) groups is 2. The number of benzene rings is 2. The Morgan fingerprint density at radius 1 is 0.862 bits per heavy atom. The number of unbranched alkanes of at least 4 members (excludes halogenated alkanes) is 1. The maximum absolute atomic E-state index is 12.1. The smallest absolute Gasteiger partial charge is 0.243 e. The Labute approximate surface area is 173 Å². The second-order valence-electron chi connectivity index (χ2n) is 7.35. The fraction of sp³-hybridized carbons (Fsp3) is 0.391. The van der Waals surface area contributed by atoms with Gasteiger partial charge in [-0.25, -0.2) is 0 Å². The van der Waals surface area contributed by atoms with Gasteiger partial charge in [0.2, 0.25) is 11.8 Å². The van der Waals surface area contributed by atoms with Gasteiger partial charge in [0.05, 0.1) is 13.2 Å². The lowest BCUT2D eigenvalue weighted by atomic mass is 10.1. The molecule has 0 aromatic heterocycles. The molecule has 6 heteroatoms. The van der Waals surface area contributed by atoms with Crippen molar-refractivity contribution in [1.29, 1.82) is 0 Å². The van der Waals surface area contributed by atoms with E-state index in [1.54, 1.807) is 24.3 Å². The highest BCUT2D eigenvalue weighted by molar-refractivity contribution is 5.94. The molecule has 0 atom stereocenters. The van der Waals surface area contributed by atoms with E-state index < -0.39 is 0 Å². The Morgan fingerprint density at radius 2 is 1.41 bits per heavy atom. The fourth-order valence-corrected chi connectivity index (χ4v) is 2.61. The predicted octanol–water partition coefficient (Wildman–Crippen LogP) is 4.90. The molecule has 2 aromatic carbocycles. The van der Waals surface area contributed by atoms with Crippen molar-refractivity contribution < 1.29 is 14.3 Å². The van der Waals surface area contributed by atoms with Crippen molar-refractivity contribution in [2.24, 2.45) is 5.92 Å². The minimum atomic E-state index is -0.148. The summed E-state index contributed by atoms with van der Waals surface area (Å²) in [4.78, 5) is 23.9. The minimum Gasteiger partial charge on any atom is -0.494 e. The van der Waals surface area contributed by atoms with Gasteiger partial charge in [0.25, 0.3) is 0 Å². The van der Waals surface area contributed by atoms with Crippen molar-refractivity contribution in [2.45, 2.75) is 40.0 Å². The van der Waals surface area contributed by atoms with Crippen LogP contribution in [0, 0.1) is 5.92 Å². The van der Waals surface area contributed by atoms with Crippen LogP contribution in [0.1, 0.15) is 40.0 Å². The highest BCUT2D eigenvalue weighted by Crippen LogP contribution is 2.17. The van der Waals surface area contributed by atoms with Gasteiger partial charge in [0, 0.05) is 23.5 Å². The minimum absolute atomic E-state index is 0.0113. The van der Waals surface area contributed by atoms with E-state index in [0.29, 0.717) is 30.3 Å². The van der Waals surface area contributed by atoms with Crippen LogP contribution in [0.25, 0.3) is 0 Å². The molecule has 0 aliphatic heterocycles. The molecule has 3 N–H and O–H groups in total. The van der Waals surface area contributed by atoms with Crippen molar-refractivity contribution in [1.82, 2.24) is 0 Å². The van der Waals surface area contributed by atoms with E-state index in [0.717, 1.165) is 24.3 Å². The van der Waals surface area contributed by atoms with Crippen molar-refractivity contribution >= 4 is 28.9 Å². The van der Waals surface area contributed by atoms with Gasteiger partial charge in [-0.15, -0.1) is 0 Å². The maximum Gasteiger partial charge on any atom is 0.243 e. The average molecular weight is 398 g/mol. The van der Waals surface area contributed by atoms with Gasteiger partial charge < -0.3 is 20.7 Å². The van der Waals surface area contributed by atoms with Gasteiger partial charge in [0.15, 0.2) is 0 Å². The first-order valence-electron chi connectivity index (χ1n) is 10.1. The predicted molar refractivity (Wildman–Crippen MR) is 118 cm³/mol. The van der Waals surface area contributed by atoms with Crippen LogP contribution in [-0.2, 0) is 9.59 Å². The van der Waals surface area contributed by atoms with Crippen LogP contribution in [0.2, 0.25) is 0 Å². The summed E-state index contributed by atoms with van der Waals surface area (Å²) in [6.45, 7) is 7.00. The van der Waals surface area contributed by atoms with E-state index in [-0.39, 0.29) is 18.4 Å². The number of carbonyl (C=O) groups excluding carboxylic acids is 2. The quantitative estimate of drug-likeness (QED) is 0.471. The monoisotopic (exact) mass is 397 g/mol. The topological polar surface area (TPSA) is 79.5 Å². The second kappa shape index (κ2) is 11.7. The van der Waals surface area contributed by atoms with Crippen LogP contribution in [-0.4, -0.2) is 25.0 Å². The zero-order valence-electron chi connectivity index (χ0n) is 17.5. The summed E-state index contributed by atoms with van der Waals surface area (Å²) >= 11 is 0. The summed E-state index contributed by atoms with van der Waals surface area (Å²) in [6.07, 6.45) is 2.62. The molecule has 0 heterocycles. The molecule has 0 fully saturated rings.